The first kappa shape index (κ1) is 18.4. The maximum atomic E-state index is 13.5. The summed E-state index contributed by atoms with van der Waals surface area (Å²) in [5.41, 5.74) is -1.14. The molecule has 1 N–H and O–H groups in total. The van der Waals surface area contributed by atoms with Crippen molar-refractivity contribution in [3.05, 3.63) is 65.5 Å². The first-order chi connectivity index (χ1) is 12.9. The van der Waals surface area contributed by atoms with Crippen LogP contribution in [0.2, 0.25) is 0 Å². The van der Waals surface area contributed by atoms with Crippen molar-refractivity contribution < 1.29 is 18.3 Å². The summed E-state index contributed by atoms with van der Waals surface area (Å²) in [5, 5.41) is 11.3. The fourth-order valence-electron chi connectivity index (χ4n) is 4.81. The molecule has 2 fully saturated rings. The first-order valence-electron chi connectivity index (χ1n) is 9.40. The van der Waals surface area contributed by atoms with Gasteiger partial charge in [0.2, 0.25) is 0 Å². The molecule has 0 spiro atoms. The molecule has 1 aromatic carbocycles. The minimum atomic E-state index is -4.50. The van der Waals surface area contributed by atoms with E-state index in [-0.39, 0.29) is 17.6 Å². The van der Waals surface area contributed by atoms with Crippen LogP contribution in [0.3, 0.4) is 0 Å². The zero-order valence-electron chi connectivity index (χ0n) is 15.0. The van der Waals surface area contributed by atoms with Gasteiger partial charge >= 0.3 is 6.18 Å². The number of piperidine rings is 2. The van der Waals surface area contributed by atoms with E-state index >= 15 is 0 Å². The van der Waals surface area contributed by atoms with Gasteiger partial charge < -0.3 is 5.11 Å². The number of pyridine rings is 1. The van der Waals surface area contributed by atoms with Crippen LogP contribution < -0.4 is 0 Å². The predicted octanol–water partition coefficient (Wildman–Crippen LogP) is 4.51. The van der Waals surface area contributed by atoms with Crippen LogP contribution in [0.25, 0.3) is 0 Å². The van der Waals surface area contributed by atoms with Crippen molar-refractivity contribution in [2.24, 2.45) is 0 Å². The third-order valence-corrected chi connectivity index (χ3v) is 6.00. The molecule has 2 bridgehead atoms. The lowest BCUT2D eigenvalue weighted by atomic mass is 9.71. The summed E-state index contributed by atoms with van der Waals surface area (Å²) < 4.78 is 40.4. The SMILES string of the molecule is OC1(c2cnccc2C(F)(F)F)CC2CCCC(C1)N2Cc1ccccc1. The molecule has 0 aliphatic carbocycles. The monoisotopic (exact) mass is 376 g/mol. The van der Waals surface area contributed by atoms with Crippen molar-refractivity contribution in [1.29, 1.82) is 0 Å². The van der Waals surface area contributed by atoms with Crippen LogP contribution in [-0.2, 0) is 18.3 Å². The number of halogens is 3. The van der Waals surface area contributed by atoms with Gasteiger partial charge in [0.1, 0.15) is 0 Å². The topological polar surface area (TPSA) is 36.4 Å². The summed E-state index contributed by atoms with van der Waals surface area (Å²) >= 11 is 0. The summed E-state index contributed by atoms with van der Waals surface area (Å²) in [6.07, 6.45) is 1.31. The minimum absolute atomic E-state index is 0.0731. The molecule has 144 valence electrons. The number of benzene rings is 1. The Bertz CT molecular complexity index is 780. The Balaban J connectivity index is 1.63. The van der Waals surface area contributed by atoms with Crippen molar-refractivity contribution in [3.63, 3.8) is 0 Å². The van der Waals surface area contributed by atoms with Crippen molar-refractivity contribution in [2.45, 2.75) is 62.5 Å². The summed E-state index contributed by atoms with van der Waals surface area (Å²) in [7, 11) is 0. The maximum absolute atomic E-state index is 13.5. The number of aliphatic hydroxyl groups is 1. The van der Waals surface area contributed by atoms with Gasteiger partial charge in [-0.15, -0.1) is 0 Å². The number of hydrogen-bond acceptors (Lipinski definition) is 3. The van der Waals surface area contributed by atoms with Gasteiger partial charge in [0.25, 0.3) is 0 Å². The molecule has 2 aliphatic heterocycles. The minimum Gasteiger partial charge on any atom is -0.385 e. The van der Waals surface area contributed by atoms with Crippen LogP contribution in [0.5, 0.6) is 0 Å². The van der Waals surface area contributed by atoms with Gasteiger partial charge in [-0.2, -0.15) is 13.2 Å². The smallest absolute Gasteiger partial charge is 0.385 e. The molecular formula is C21H23F3N2O. The van der Waals surface area contributed by atoms with Gasteiger partial charge in [0.05, 0.1) is 11.2 Å². The van der Waals surface area contributed by atoms with Gasteiger partial charge in [0.15, 0.2) is 0 Å². The van der Waals surface area contributed by atoms with Crippen LogP contribution in [-0.4, -0.2) is 27.1 Å². The van der Waals surface area contributed by atoms with Crippen molar-refractivity contribution in [3.8, 4) is 0 Å². The standard InChI is InChI=1S/C21H23F3N2O/c22-21(23,24)18-9-10-25-13-19(18)20(27)11-16-7-4-8-17(12-20)26(16)14-15-5-2-1-3-6-15/h1-3,5-6,9-10,13,16-17,27H,4,7-8,11-12,14H2. The summed E-state index contributed by atoms with van der Waals surface area (Å²) in [6, 6.07) is 11.2. The molecule has 27 heavy (non-hydrogen) atoms. The quantitative estimate of drug-likeness (QED) is 0.857. The van der Waals surface area contributed by atoms with E-state index in [4.69, 9.17) is 0 Å². The largest absolute Gasteiger partial charge is 0.416 e. The summed E-state index contributed by atoms with van der Waals surface area (Å²) in [6.45, 7) is 0.769. The molecule has 0 saturated carbocycles. The number of fused-ring (bicyclic) bond motifs is 2. The lowest BCUT2D eigenvalue weighted by Crippen LogP contribution is -2.56. The third-order valence-electron chi connectivity index (χ3n) is 6.00. The van der Waals surface area contributed by atoms with Crippen LogP contribution >= 0.6 is 0 Å². The van der Waals surface area contributed by atoms with E-state index in [0.717, 1.165) is 38.1 Å². The Labute approximate surface area is 156 Å². The molecule has 1 aromatic heterocycles. The van der Waals surface area contributed by atoms with E-state index in [9.17, 15) is 18.3 Å². The lowest BCUT2D eigenvalue weighted by molar-refractivity contribution is -0.145. The molecule has 4 rings (SSSR count). The third kappa shape index (κ3) is 3.60. The highest BCUT2D eigenvalue weighted by atomic mass is 19.4. The Morgan fingerprint density at radius 3 is 2.37 bits per heavy atom. The van der Waals surface area contributed by atoms with E-state index in [1.165, 1.54) is 11.8 Å². The average Bonchev–Trinajstić information content (AvgIpc) is 2.63. The normalized spacial score (nSPS) is 28.9. The van der Waals surface area contributed by atoms with E-state index in [1.807, 2.05) is 18.2 Å². The molecule has 0 radical (unpaired) electrons. The highest BCUT2D eigenvalue weighted by Crippen LogP contribution is 2.47. The van der Waals surface area contributed by atoms with Crippen molar-refractivity contribution in [2.75, 3.05) is 0 Å². The van der Waals surface area contributed by atoms with E-state index in [0.29, 0.717) is 12.8 Å². The Kier molecular flexibility index (Phi) is 4.72. The Morgan fingerprint density at radius 1 is 1.07 bits per heavy atom. The fourth-order valence-corrected chi connectivity index (χ4v) is 4.81. The molecular weight excluding hydrogens is 353 g/mol. The van der Waals surface area contributed by atoms with Crippen LogP contribution in [0, 0.1) is 0 Å². The highest BCUT2D eigenvalue weighted by molar-refractivity contribution is 5.33. The highest BCUT2D eigenvalue weighted by Gasteiger charge is 2.49. The first-order valence-corrected chi connectivity index (χ1v) is 9.40. The molecule has 2 aromatic rings. The Hall–Kier alpha value is -1.92. The van der Waals surface area contributed by atoms with Gasteiger partial charge in [0, 0.05) is 36.6 Å². The van der Waals surface area contributed by atoms with E-state index in [2.05, 4.69) is 22.0 Å². The molecule has 3 nitrogen and oxygen atoms in total. The van der Waals surface area contributed by atoms with Gasteiger partial charge in [-0.25, -0.2) is 0 Å². The lowest BCUT2D eigenvalue weighted by Gasteiger charge is -2.52. The molecule has 0 amide bonds. The van der Waals surface area contributed by atoms with Crippen molar-refractivity contribution >= 4 is 0 Å². The van der Waals surface area contributed by atoms with Crippen molar-refractivity contribution in [1.82, 2.24) is 9.88 Å². The summed E-state index contributed by atoms with van der Waals surface area (Å²) in [4.78, 5) is 6.26. The van der Waals surface area contributed by atoms with Gasteiger partial charge in [-0.3, -0.25) is 9.88 Å². The second-order valence-corrected chi connectivity index (χ2v) is 7.76. The van der Waals surface area contributed by atoms with Crippen LogP contribution in [0.1, 0.15) is 48.8 Å². The zero-order valence-corrected chi connectivity index (χ0v) is 15.0. The molecule has 2 saturated heterocycles. The van der Waals surface area contributed by atoms with Gasteiger partial charge in [-0.05, 0) is 37.3 Å². The molecule has 2 unspecified atom stereocenters. The number of nitrogens with zero attached hydrogens (tertiary/aromatic N) is 2. The molecule has 6 heteroatoms. The maximum Gasteiger partial charge on any atom is 0.416 e. The number of aromatic nitrogens is 1. The van der Waals surface area contributed by atoms with Gasteiger partial charge in [-0.1, -0.05) is 36.8 Å². The second kappa shape index (κ2) is 6.91. The fraction of sp³-hybridized carbons (Fsp3) is 0.476. The predicted molar refractivity (Wildman–Crippen MR) is 95.8 cm³/mol. The average molecular weight is 376 g/mol. The van der Waals surface area contributed by atoms with Crippen LogP contribution in [0.4, 0.5) is 13.2 Å². The van der Waals surface area contributed by atoms with E-state index < -0.39 is 17.3 Å². The molecule has 2 atom stereocenters. The molecule has 2 aliphatic rings. The summed E-state index contributed by atoms with van der Waals surface area (Å²) in [5.74, 6) is 0. The Morgan fingerprint density at radius 2 is 1.74 bits per heavy atom. The number of rotatable bonds is 3. The van der Waals surface area contributed by atoms with E-state index in [1.54, 1.807) is 0 Å². The zero-order chi connectivity index (χ0) is 19.1. The number of hydrogen-bond donors (Lipinski definition) is 1. The molecule has 3 heterocycles. The van der Waals surface area contributed by atoms with Crippen LogP contribution in [0.15, 0.2) is 48.8 Å². The number of alkyl halides is 3. The second-order valence-electron chi connectivity index (χ2n) is 7.76.